The summed E-state index contributed by atoms with van der Waals surface area (Å²) >= 11 is 5.89. The summed E-state index contributed by atoms with van der Waals surface area (Å²) in [5.74, 6) is -0.663. The van der Waals surface area contributed by atoms with Crippen molar-refractivity contribution in [1.82, 2.24) is 9.78 Å². The summed E-state index contributed by atoms with van der Waals surface area (Å²) in [6.45, 7) is 1.52. The Hall–Kier alpha value is -1.60. The third-order valence-corrected chi connectivity index (χ3v) is 4.55. The predicted molar refractivity (Wildman–Crippen MR) is 70.2 cm³/mol. The molecule has 0 aliphatic rings. The Morgan fingerprint density at radius 1 is 1.37 bits per heavy atom. The summed E-state index contributed by atoms with van der Waals surface area (Å²) in [4.78, 5) is -0.153. The molecule has 0 fully saturated rings. The van der Waals surface area contributed by atoms with Gasteiger partial charge in [-0.1, -0.05) is 23.7 Å². The molecule has 1 aromatic carbocycles. The van der Waals surface area contributed by atoms with E-state index in [4.69, 9.17) is 11.6 Å². The molecule has 8 heteroatoms. The molecule has 1 N–H and O–H groups in total. The number of aromatic nitrogens is 2. The van der Waals surface area contributed by atoms with Crippen LogP contribution in [0.1, 0.15) is 5.69 Å². The highest BCUT2D eigenvalue weighted by molar-refractivity contribution is 7.92. The first kappa shape index (κ1) is 13.8. The maximum absolute atomic E-state index is 13.5. The summed E-state index contributed by atoms with van der Waals surface area (Å²) in [6, 6.07) is 5.48. The number of halogens is 2. The molecule has 102 valence electrons. The van der Waals surface area contributed by atoms with Crippen LogP contribution in [0.4, 0.5) is 10.1 Å². The van der Waals surface area contributed by atoms with Crippen LogP contribution in [0.2, 0.25) is 5.15 Å². The first-order valence-corrected chi connectivity index (χ1v) is 7.15. The van der Waals surface area contributed by atoms with Crippen LogP contribution in [0.3, 0.4) is 0 Å². The van der Waals surface area contributed by atoms with Gasteiger partial charge in [-0.25, -0.2) is 12.8 Å². The lowest BCUT2D eigenvalue weighted by molar-refractivity contribution is 0.598. The van der Waals surface area contributed by atoms with Crippen LogP contribution in [-0.2, 0) is 17.1 Å². The van der Waals surface area contributed by atoms with Gasteiger partial charge in [-0.3, -0.25) is 9.40 Å². The number of anilines is 1. The topological polar surface area (TPSA) is 64.0 Å². The Morgan fingerprint density at radius 3 is 2.53 bits per heavy atom. The highest BCUT2D eigenvalue weighted by Crippen LogP contribution is 2.26. The smallest absolute Gasteiger partial charge is 0.266 e. The molecule has 1 heterocycles. The molecule has 0 saturated carbocycles. The van der Waals surface area contributed by atoms with Crippen LogP contribution >= 0.6 is 11.6 Å². The third kappa shape index (κ3) is 2.57. The van der Waals surface area contributed by atoms with E-state index in [0.717, 1.165) is 6.07 Å². The van der Waals surface area contributed by atoms with Crippen molar-refractivity contribution >= 4 is 27.3 Å². The maximum Gasteiger partial charge on any atom is 0.266 e. The van der Waals surface area contributed by atoms with Gasteiger partial charge < -0.3 is 0 Å². The molecule has 0 amide bonds. The summed E-state index contributed by atoms with van der Waals surface area (Å²) in [7, 11) is -2.46. The van der Waals surface area contributed by atoms with E-state index in [1.54, 1.807) is 0 Å². The third-order valence-electron chi connectivity index (χ3n) is 2.49. The van der Waals surface area contributed by atoms with Crippen molar-refractivity contribution in [3.8, 4) is 0 Å². The van der Waals surface area contributed by atoms with E-state index >= 15 is 0 Å². The van der Waals surface area contributed by atoms with Crippen molar-refractivity contribution in [2.24, 2.45) is 7.05 Å². The molecule has 5 nitrogen and oxygen atoms in total. The van der Waals surface area contributed by atoms with Gasteiger partial charge in [0.2, 0.25) is 0 Å². The number of nitrogens with one attached hydrogen (secondary N) is 1. The second-order valence-corrected chi connectivity index (χ2v) is 5.89. The minimum atomic E-state index is -3.98. The van der Waals surface area contributed by atoms with Gasteiger partial charge in [-0.2, -0.15) is 5.10 Å². The fourth-order valence-corrected chi connectivity index (χ4v) is 3.48. The fourth-order valence-electron chi connectivity index (χ4n) is 1.66. The lowest BCUT2D eigenvalue weighted by atomic mass is 10.3. The SMILES string of the molecule is Cc1nn(C)c(Cl)c1S(=O)(=O)Nc1ccccc1F. The quantitative estimate of drug-likeness (QED) is 0.946. The number of rotatable bonds is 3. The van der Waals surface area contributed by atoms with Crippen molar-refractivity contribution in [3.63, 3.8) is 0 Å². The summed E-state index contributed by atoms with van der Waals surface area (Å²) in [6.07, 6.45) is 0. The first-order chi connectivity index (χ1) is 8.83. The second kappa shape index (κ2) is 4.82. The largest absolute Gasteiger partial charge is 0.277 e. The molecule has 0 unspecified atom stereocenters. The Morgan fingerprint density at radius 2 is 2.00 bits per heavy atom. The van der Waals surface area contributed by atoms with E-state index in [0.29, 0.717) is 0 Å². The van der Waals surface area contributed by atoms with Crippen molar-refractivity contribution < 1.29 is 12.8 Å². The zero-order valence-electron chi connectivity index (χ0n) is 10.2. The van der Waals surface area contributed by atoms with Gasteiger partial charge in [0.1, 0.15) is 15.9 Å². The number of para-hydroxylation sites is 1. The molecule has 19 heavy (non-hydrogen) atoms. The van der Waals surface area contributed by atoms with Gasteiger partial charge in [0, 0.05) is 7.05 Å². The van der Waals surface area contributed by atoms with Crippen LogP contribution in [0.5, 0.6) is 0 Å². The second-order valence-electron chi connectivity index (χ2n) is 3.91. The Kier molecular flexibility index (Phi) is 3.51. The van der Waals surface area contributed by atoms with Crippen LogP contribution in [0.15, 0.2) is 29.2 Å². The number of nitrogens with zero attached hydrogens (tertiary/aromatic N) is 2. The lowest BCUT2D eigenvalue weighted by Crippen LogP contribution is -2.15. The van der Waals surface area contributed by atoms with E-state index in [2.05, 4.69) is 9.82 Å². The first-order valence-electron chi connectivity index (χ1n) is 5.29. The molecule has 0 bridgehead atoms. The molecule has 0 aliphatic carbocycles. The van der Waals surface area contributed by atoms with Crippen molar-refractivity contribution in [3.05, 3.63) is 40.9 Å². The average Bonchev–Trinajstić information content (AvgIpc) is 2.56. The zero-order valence-corrected chi connectivity index (χ0v) is 11.8. The molecule has 0 radical (unpaired) electrons. The summed E-state index contributed by atoms with van der Waals surface area (Å²) in [5, 5.41) is 3.89. The van der Waals surface area contributed by atoms with E-state index in [9.17, 15) is 12.8 Å². The van der Waals surface area contributed by atoms with E-state index in [-0.39, 0.29) is 21.4 Å². The maximum atomic E-state index is 13.5. The molecular formula is C11H11ClFN3O2S. The van der Waals surface area contributed by atoms with E-state index < -0.39 is 15.8 Å². The monoisotopic (exact) mass is 303 g/mol. The van der Waals surface area contributed by atoms with Crippen LogP contribution in [0.25, 0.3) is 0 Å². The Labute approximate surface area is 115 Å². The number of benzene rings is 1. The van der Waals surface area contributed by atoms with E-state index in [1.807, 2.05) is 0 Å². The number of sulfonamides is 1. The fraction of sp³-hybridized carbons (Fsp3) is 0.182. The van der Waals surface area contributed by atoms with Gasteiger partial charge in [-0.05, 0) is 19.1 Å². The van der Waals surface area contributed by atoms with Gasteiger partial charge in [0.15, 0.2) is 0 Å². The predicted octanol–water partition coefficient (Wildman–Crippen LogP) is 2.32. The molecule has 0 atom stereocenters. The van der Waals surface area contributed by atoms with Crippen LogP contribution in [0, 0.1) is 12.7 Å². The highest BCUT2D eigenvalue weighted by Gasteiger charge is 2.25. The average molecular weight is 304 g/mol. The standard InChI is InChI=1S/C11H11ClFN3O2S/c1-7-10(11(12)16(2)14-7)19(17,18)15-9-6-4-3-5-8(9)13/h3-6,15H,1-2H3. The normalized spacial score (nSPS) is 11.6. The molecular weight excluding hydrogens is 293 g/mol. The number of hydrogen-bond donors (Lipinski definition) is 1. The molecule has 0 saturated heterocycles. The summed E-state index contributed by atoms with van der Waals surface area (Å²) < 4.78 is 41.2. The van der Waals surface area contributed by atoms with Gasteiger partial charge in [-0.15, -0.1) is 0 Å². The lowest BCUT2D eigenvalue weighted by Gasteiger charge is -2.08. The highest BCUT2D eigenvalue weighted by atomic mass is 35.5. The number of hydrogen-bond acceptors (Lipinski definition) is 3. The molecule has 1 aromatic heterocycles. The van der Waals surface area contributed by atoms with Crippen LogP contribution in [-0.4, -0.2) is 18.2 Å². The molecule has 2 rings (SSSR count). The molecule has 0 aliphatic heterocycles. The minimum Gasteiger partial charge on any atom is -0.277 e. The zero-order chi connectivity index (χ0) is 14.2. The minimum absolute atomic E-state index is 0.0265. The van der Waals surface area contributed by atoms with Crippen molar-refractivity contribution in [2.45, 2.75) is 11.8 Å². The van der Waals surface area contributed by atoms with E-state index in [1.165, 1.54) is 36.9 Å². The Bertz CT molecular complexity index is 728. The van der Waals surface area contributed by atoms with Crippen molar-refractivity contribution in [1.29, 1.82) is 0 Å². The van der Waals surface area contributed by atoms with Gasteiger partial charge in [0.05, 0.1) is 11.4 Å². The van der Waals surface area contributed by atoms with Crippen molar-refractivity contribution in [2.75, 3.05) is 4.72 Å². The van der Waals surface area contributed by atoms with Gasteiger partial charge in [0.25, 0.3) is 10.0 Å². The van der Waals surface area contributed by atoms with Gasteiger partial charge >= 0.3 is 0 Å². The molecule has 0 spiro atoms. The van der Waals surface area contributed by atoms with Crippen LogP contribution < -0.4 is 4.72 Å². The molecule has 2 aromatic rings. The number of aryl methyl sites for hydroxylation is 2. The Balaban J connectivity index is 2.47. The summed E-state index contributed by atoms with van der Waals surface area (Å²) in [5.41, 5.74) is 0.109.